The second-order valence-corrected chi connectivity index (χ2v) is 6.02. The quantitative estimate of drug-likeness (QED) is 0.551. The van der Waals surface area contributed by atoms with E-state index < -0.39 is 24.5 Å². The first-order valence-corrected chi connectivity index (χ1v) is 8.73. The van der Waals surface area contributed by atoms with Gasteiger partial charge in [-0.05, 0) is 26.0 Å². The molecule has 2 aromatic rings. The van der Waals surface area contributed by atoms with Gasteiger partial charge in [-0.15, -0.1) is 0 Å². The van der Waals surface area contributed by atoms with Crippen LogP contribution in [-0.4, -0.2) is 41.2 Å². The van der Waals surface area contributed by atoms with Gasteiger partial charge in [-0.25, -0.2) is 14.6 Å². The largest absolute Gasteiger partial charge is 0.452 e. The summed E-state index contributed by atoms with van der Waals surface area (Å²) in [5, 5.41) is 8.77. The molecule has 0 unspecified atom stereocenters. The van der Waals surface area contributed by atoms with Crippen LogP contribution in [0, 0.1) is 6.92 Å². The molecular formula is C16H18N4O5S. The summed E-state index contributed by atoms with van der Waals surface area (Å²) in [5.74, 6) is -0.269. The number of pyridine rings is 1. The minimum absolute atomic E-state index is 0.225. The zero-order valence-corrected chi connectivity index (χ0v) is 15.1. The van der Waals surface area contributed by atoms with Crippen LogP contribution in [0.5, 0.6) is 0 Å². The average Bonchev–Trinajstić information content (AvgIpc) is 3.03. The number of aromatic nitrogens is 2. The molecule has 0 bridgehead atoms. The van der Waals surface area contributed by atoms with Crippen molar-refractivity contribution in [3.05, 3.63) is 41.4 Å². The maximum Gasteiger partial charge on any atom is 0.341 e. The summed E-state index contributed by atoms with van der Waals surface area (Å²) in [7, 11) is 0. The van der Waals surface area contributed by atoms with Gasteiger partial charge in [0, 0.05) is 24.6 Å². The SMILES string of the molecule is CCNC(=O)NC(=O)COC(=O)c1cccnc1SCc1cc(C)on1. The molecule has 26 heavy (non-hydrogen) atoms. The lowest BCUT2D eigenvalue weighted by Gasteiger charge is -2.08. The van der Waals surface area contributed by atoms with Crippen LogP contribution in [-0.2, 0) is 15.3 Å². The molecule has 0 aliphatic rings. The Balaban J connectivity index is 1.92. The third kappa shape index (κ3) is 5.88. The lowest BCUT2D eigenvalue weighted by atomic mass is 10.3. The number of carbonyl (C=O) groups excluding carboxylic acids is 3. The Morgan fingerprint density at radius 1 is 1.35 bits per heavy atom. The number of ether oxygens (including phenoxy) is 1. The predicted octanol–water partition coefficient (Wildman–Crippen LogP) is 1.67. The number of nitrogens with zero attached hydrogens (tertiary/aromatic N) is 2. The molecule has 0 radical (unpaired) electrons. The summed E-state index contributed by atoms with van der Waals surface area (Å²) in [4.78, 5) is 39.2. The minimum Gasteiger partial charge on any atom is -0.452 e. The van der Waals surface area contributed by atoms with Gasteiger partial charge in [-0.1, -0.05) is 16.9 Å². The first-order valence-electron chi connectivity index (χ1n) is 7.74. The molecule has 138 valence electrons. The Labute approximate surface area is 153 Å². The molecule has 0 spiro atoms. The molecule has 0 saturated carbocycles. The van der Waals surface area contributed by atoms with Crippen LogP contribution in [0.3, 0.4) is 0 Å². The number of aryl methyl sites for hydroxylation is 1. The van der Waals surface area contributed by atoms with E-state index in [1.807, 2.05) is 5.32 Å². The highest BCUT2D eigenvalue weighted by molar-refractivity contribution is 7.98. The molecule has 0 aromatic carbocycles. The molecular weight excluding hydrogens is 360 g/mol. The van der Waals surface area contributed by atoms with Gasteiger partial charge in [0.1, 0.15) is 10.8 Å². The molecule has 10 heteroatoms. The van der Waals surface area contributed by atoms with Crippen LogP contribution in [0.25, 0.3) is 0 Å². The maximum absolute atomic E-state index is 12.2. The number of amides is 3. The molecule has 0 fully saturated rings. The van der Waals surface area contributed by atoms with Crippen molar-refractivity contribution in [2.24, 2.45) is 0 Å². The standard InChI is InChI=1S/C16H18N4O5S/c1-3-17-16(23)19-13(21)8-24-15(22)12-5-4-6-18-14(12)26-9-11-7-10(2)25-20-11/h4-7H,3,8-9H2,1-2H3,(H2,17,19,21,23). The molecule has 3 amide bonds. The summed E-state index contributed by atoms with van der Waals surface area (Å²) in [6.45, 7) is 3.31. The van der Waals surface area contributed by atoms with E-state index in [1.165, 1.54) is 11.8 Å². The Kier molecular flexibility index (Phi) is 7.15. The number of thioether (sulfide) groups is 1. The molecule has 2 N–H and O–H groups in total. The van der Waals surface area contributed by atoms with E-state index in [0.717, 1.165) is 5.69 Å². The zero-order valence-electron chi connectivity index (χ0n) is 14.3. The lowest BCUT2D eigenvalue weighted by Crippen LogP contribution is -2.41. The van der Waals surface area contributed by atoms with Crippen molar-refractivity contribution in [2.75, 3.05) is 13.2 Å². The van der Waals surface area contributed by atoms with Crippen molar-refractivity contribution in [2.45, 2.75) is 24.6 Å². The van der Waals surface area contributed by atoms with Crippen molar-refractivity contribution in [3.63, 3.8) is 0 Å². The number of nitrogens with one attached hydrogen (secondary N) is 2. The summed E-state index contributed by atoms with van der Waals surface area (Å²) >= 11 is 1.29. The van der Waals surface area contributed by atoms with E-state index in [-0.39, 0.29) is 5.56 Å². The Morgan fingerprint density at radius 2 is 2.15 bits per heavy atom. The highest BCUT2D eigenvalue weighted by Gasteiger charge is 2.17. The Hall–Kier alpha value is -2.88. The van der Waals surface area contributed by atoms with Gasteiger partial charge in [-0.2, -0.15) is 0 Å². The molecule has 0 saturated heterocycles. The first kappa shape index (κ1) is 19.4. The topological polar surface area (TPSA) is 123 Å². The minimum atomic E-state index is -0.722. The smallest absolute Gasteiger partial charge is 0.341 e. The molecule has 0 aliphatic heterocycles. The number of rotatable bonds is 7. The van der Waals surface area contributed by atoms with Crippen LogP contribution in [0.2, 0.25) is 0 Å². The average molecular weight is 378 g/mol. The van der Waals surface area contributed by atoms with Crippen molar-refractivity contribution in [1.29, 1.82) is 0 Å². The van der Waals surface area contributed by atoms with Crippen LogP contribution in [0.4, 0.5) is 4.79 Å². The van der Waals surface area contributed by atoms with Gasteiger partial charge in [-0.3, -0.25) is 10.1 Å². The fourth-order valence-corrected chi connectivity index (χ4v) is 2.73. The zero-order chi connectivity index (χ0) is 18.9. The van der Waals surface area contributed by atoms with E-state index in [2.05, 4.69) is 15.5 Å². The number of carbonyl (C=O) groups is 3. The molecule has 9 nitrogen and oxygen atoms in total. The van der Waals surface area contributed by atoms with Crippen LogP contribution in [0.1, 0.15) is 28.7 Å². The van der Waals surface area contributed by atoms with Gasteiger partial charge in [0.15, 0.2) is 6.61 Å². The molecule has 0 aliphatic carbocycles. The number of esters is 1. The lowest BCUT2D eigenvalue weighted by molar-refractivity contribution is -0.123. The summed E-state index contributed by atoms with van der Waals surface area (Å²) in [6.07, 6.45) is 1.55. The summed E-state index contributed by atoms with van der Waals surface area (Å²) in [5.41, 5.74) is 0.947. The highest BCUT2D eigenvalue weighted by atomic mass is 32.2. The predicted molar refractivity (Wildman–Crippen MR) is 92.5 cm³/mol. The van der Waals surface area contributed by atoms with Crippen molar-refractivity contribution < 1.29 is 23.6 Å². The fraction of sp³-hybridized carbons (Fsp3) is 0.312. The van der Waals surface area contributed by atoms with Gasteiger partial charge in [0.05, 0.1) is 11.3 Å². The Morgan fingerprint density at radius 3 is 2.85 bits per heavy atom. The van der Waals surface area contributed by atoms with Crippen molar-refractivity contribution >= 4 is 29.7 Å². The molecule has 2 aromatic heterocycles. The third-order valence-corrected chi connectivity index (χ3v) is 3.99. The normalized spacial score (nSPS) is 10.2. The van der Waals surface area contributed by atoms with Gasteiger partial charge >= 0.3 is 12.0 Å². The molecule has 2 rings (SSSR count). The summed E-state index contributed by atoms with van der Waals surface area (Å²) in [6, 6.07) is 4.29. The number of hydrogen-bond donors (Lipinski definition) is 2. The second kappa shape index (κ2) is 9.56. The van der Waals surface area contributed by atoms with Gasteiger partial charge < -0.3 is 14.6 Å². The number of urea groups is 1. The second-order valence-electron chi connectivity index (χ2n) is 5.06. The monoisotopic (exact) mass is 378 g/mol. The van der Waals surface area contributed by atoms with E-state index in [0.29, 0.717) is 23.1 Å². The number of imide groups is 1. The van der Waals surface area contributed by atoms with E-state index in [4.69, 9.17) is 9.26 Å². The highest BCUT2D eigenvalue weighted by Crippen LogP contribution is 2.24. The van der Waals surface area contributed by atoms with Crippen LogP contribution >= 0.6 is 11.8 Å². The summed E-state index contributed by atoms with van der Waals surface area (Å²) < 4.78 is 9.94. The molecule has 0 atom stereocenters. The maximum atomic E-state index is 12.2. The van der Waals surface area contributed by atoms with Crippen molar-refractivity contribution in [1.82, 2.24) is 20.8 Å². The van der Waals surface area contributed by atoms with Crippen molar-refractivity contribution in [3.8, 4) is 0 Å². The first-order chi connectivity index (χ1) is 12.5. The van der Waals surface area contributed by atoms with Gasteiger partial charge in [0.2, 0.25) is 0 Å². The number of hydrogen-bond acceptors (Lipinski definition) is 8. The van der Waals surface area contributed by atoms with E-state index in [1.54, 1.807) is 38.2 Å². The van der Waals surface area contributed by atoms with Crippen LogP contribution in [0.15, 0.2) is 33.9 Å². The van der Waals surface area contributed by atoms with Gasteiger partial charge in [0.25, 0.3) is 5.91 Å². The van der Waals surface area contributed by atoms with Crippen LogP contribution < -0.4 is 10.6 Å². The third-order valence-electron chi connectivity index (χ3n) is 2.95. The fourth-order valence-electron chi connectivity index (χ4n) is 1.87. The molecule has 2 heterocycles. The van der Waals surface area contributed by atoms with E-state index >= 15 is 0 Å². The van der Waals surface area contributed by atoms with E-state index in [9.17, 15) is 14.4 Å². The Bertz CT molecular complexity index is 792.